The Balaban J connectivity index is 2.44. The van der Waals surface area contributed by atoms with E-state index in [1.54, 1.807) is 20.8 Å². The Bertz CT molecular complexity index is 909. The van der Waals surface area contributed by atoms with Crippen molar-refractivity contribution in [1.82, 2.24) is 4.57 Å². The molecule has 2 rings (SSSR count). The molecule has 2 heterocycles. The zero-order valence-corrected chi connectivity index (χ0v) is 16.3. The van der Waals surface area contributed by atoms with Gasteiger partial charge in [-0.2, -0.15) is 4.73 Å². The summed E-state index contributed by atoms with van der Waals surface area (Å²) in [5, 5.41) is 12.4. The molecule has 0 aromatic carbocycles. The fourth-order valence-electron chi connectivity index (χ4n) is 2.32. The molecular formula is C19H22N2O7. The van der Waals surface area contributed by atoms with E-state index < -0.39 is 23.3 Å². The van der Waals surface area contributed by atoms with Gasteiger partial charge in [0.25, 0.3) is 0 Å². The zero-order valence-electron chi connectivity index (χ0n) is 16.3. The number of pyridine rings is 1. The summed E-state index contributed by atoms with van der Waals surface area (Å²) in [5.41, 5.74) is 0.00948. The number of carbonyl (C=O) groups is 3. The molecule has 9 nitrogen and oxygen atoms in total. The first-order valence-electron chi connectivity index (χ1n) is 8.36. The predicted molar refractivity (Wildman–Crippen MR) is 97.1 cm³/mol. The molecule has 9 heteroatoms. The molecule has 0 N–H and O–H groups in total. The second-order valence-electron chi connectivity index (χ2n) is 7.01. The Morgan fingerprint density at radius 2 is 1.68 bits per heavy atom. The van der Waals surface area contributed by atoms with E-state index in [9.17, 15) is 19.6 Å². The Hall–Kier alpha value is -3.36. The molecule has 2 aromatic heterocycles. The van der Waals surface area contributed by atoms with Crippen LogP contribution in [0.3, 0.4) is 0 Å². The molecule has 2 aromatic rings. The normalized spacial score (nSPS) is 11.0. The topological polar surface area (TPSA) is 111 Å². The highest BCUT2D eigenvalue weighted by atomic mass is 16.5. The summed E-state index contributed by atoms with van der Waals surface area (Å²) in [7, 11) is 2.45. The lowest BCUT2D eigenvalue weighted by molar-refractivity contribution is -0.594. The van der Waals surface area contributed by atoms with Crippen molar-refractivity contribution < 1.29 is 33.3 Å². The van der Waals surface area contributed by atoms with E-state index in [-0.39, 0.29) is 23.6 Å². The molecule has 0 aliphatic rings. The van der Waals surface area contributed by atoms with E-state index in [4.69, 9.17) is 9.47 Å². The predicted octanol–water partition coefficient (Wildman–Crippen LogP) is 1.91. The molecule has 0 amide bonds. The first-order chi connectivity index (χ1) is 13.1. The van der Waals surface area contributed by atoms with Gasteiger partial charge < -0.3 is 24.0 Å². The SMILES string of the molecule is COC(=O)c1cc(-c2ccc(C(=O)OC)c[n+]2[O-])n(COC(=O)C(C)(C)C)c1. The van der Waals surface area contributed by atoms with Crippen LogP contribution in [0.5, 0.6) is 0 Å². The van der Waals surface area contributed by atoms with E-state index in [1.807, 2.05) is 0 Å². The summed E-state index contributed by atoms with van der Waals surface area (Å²) in [6, 6.07) is 4.28. The molecule has 0 unspecified atom stereocenters. The van der Waals surface area contributed by atoms with Gasteiger partial charge in [-0.3, -0.25) is 4.79 Å². The molecule has 0 aliphatic heterocycles. The van der Waals surface area contributed by atoms with Gasteiger partial charge in [-0.25, -0.2) is 9.59 Å². The number of carbonyl (C=O) groups excluding carboxylic acids is 3. The molecule has 28 heavy (non-hydrogen) atoms. The molecule has 0 saturated carbocycles. The van der Waals surface area contributed by atoms with Gasteiger partial charge in [0.15, 0.2) is 12.9 Å². The minimum Gasteiger partial charge on any atom is -0.618 e. The van der Waals surface area contributed by atoms with Crippen molar-refractivity contribution in [1.29, 1.82) is 0 Å². The second kappa shape index (κ2) is 8.12. The number of ether oxygens (including phenoxy) is 3. The van der Waals surface area contributed by atoms with E-state index in [1.165, 1.54) is 43.2 Å². The average Bonchev–Trinajstić information content (AvgIpc) is 3.07. The average molecular weight is 390 g/mol. The van der Waals surface area contributed by atoms with Crippen LogP contribution in [0, 0.1) is 10.6 Å². The molecule has 0 radical (unpaired) electrons. The van der Waals surface area contributed by atoms with Crippen LogP contribution < -0.4 is 4.73 Å². The summed E-state index contributed by atoms with van der Waals surface area (Å²) in [6.07, 6.45) is 2.49. The molecule has 150 valence electrons. The van der Waals surface area contributed by atoms with Crippen LogP contribution in [0.25, 0.3) is 11.4 Å². The minimum absolute atomic E-state index is 0.0757. The third-order valence-corrected chi connectivity index (χ3v) is 3.86. The number of esters is 3. The van der Waals surface area contributed by atoms with Gasteiger partial charge in [-0.05, 0) is 32.9 Å². The monoisotopic (exact) mass is 390 g/mol. The highest BCUT2D eigenvalue weighted by molar-refractivity contribution is 5.91. The molecule has 0 fully saturated rings. The third-order valence-electron chi connectivity index (χ3n) is 3.86. The lowest BCUT2D eigenvalue weighted by Crippen LogP contribution is -2.31. The molecular weight excluding hydrogens is 368 g/mol. The fraction of sp³-hybridized carbons (Fsp3) is 0.368. The summed E-state index contributed by atoms with van der Waals surface area (Å²) < 4.78 is 16.5. The van der Waals surface area contributed by atoms with Gasteiger partial charge >= 0.3 is 17.9 Å². The van der Waals surface area contributed by atoms with Crippen LogP contribution in [0.1, 0.15) is 41.5 Å². The van der Waals surface area contributed by atoms with Crippen molar-refractivity contribution in [2.24, 2.45) is 5.41 Å². The largest absolute Gasteiger partial charge is 0.618 e. The number of hydrogen-bond acceptors (Lipinski definition) is 7. The highest BCUT2D eigenvalue weighted by Gasteiger charge is 2.25. The van der Waals surface area contributed by atoms with E-state index >= 15 is 0 Å². The summed E-state index contributed by atoms with van der Waals surface area (Å²) in [5.74, 6) is -1.70. The van der Waals surface area contributed by atoms with Crippen LogP contribution >= 0.6 is 0 Å². The lowest BCUT2D eigenvalue weighted by atomic mass is 9.98. The van der Waals surface area contributed by atoms with Crippen LogP contribution in [-0.4, -0.2) is 36.7 Å². The number of nitrogens with zero attached hydrogens (tertiary/aromatic N) is 2. The Morgan fingerprint density at radius 3 is 2.21 bits per heavy atom. The summed E-state index contributed by atoms with van der Waals surface area (Å²) in [4.78, 5) is 35.5. The maximum absolute atomic E-state index is 12.4. The Morgan fingerprint density at radius 1 is 1.07 bits per heavy atom. The number of methoxy groups -OCH3 is 2. The summed E-state index contributed by atoms with van der Waals surface area (Å²) >= 11 is 0. The fourth-order valence-corrected chi connectivity index (χ4v) is 2.32. The van der Waals surface area contributed by atoms with Crippen LogP contribution in [-0.2, 0) is 25.7 Å². The van der Waals surface area contributed by atoms with Crippen molar-refractivity contribution in [2.45, 2.75) is 27.5 Å². The molecule has 0 atom stereocenters. The van der Waals surface area contributed by atoms with Crippen molar-refractivity contribution in [2.75, 3.05) is 14.2 Å². The minimum atomic E-state index is -0.709. The van der Waals surface area contributed by atoms with Gasteiger partial charge in [-0.15, -0.1) is 0 Å². The Kier molecular flexibility index (Phi) is 6.07. The van der Waals surface area contributed by atoms with E-state index in [0.717, 1.165) is 6.20 Å². The second-order valence-corrected chi connectivity index (χ2v) is 7.01. The first-order valence-corrected chi connectivity index (χ1v) is 8.36. The smallest absolute Gasteiger partial charge is 0.344 e. The van der Waals surface area contributed by atoms with Gasteiger partial charge in [0.05, 0.1) is 25.2 Å². The maximum Gasteiger partial charge on any atom is 0.344 e. The zero-order chi connectivity index (χ0) is 21.1. The van der Waals surface area contributed by atoms with Crippen LogP contribution in [0.15, 0.2) is 30.6 Å². The highest BCUT2D eigenvalue weighted by Crippen LogP contribution is 2.22. The number of hydrogen-bond donors (Lipinski definition) is 0. The molecule has 0 spiro atoms. The van der Waals surface area contributed by atoms with Gasteiger partial charge in [0.1, 0.15) is 11.3 Å². The summed E-state index contributed by atoms with van der Waals surface area (Å²) in [6.45, 7) is 4.93. The standard InChI is InChI=1S/C19H22N2O7/c1-19(2,3)18(24)28-11-20-9-13(17(23)27-5)8-15(20)14-7-6-12(10-21(14)25)16(22)26-4/h6-10H,11H2,1-5H3. The van der Waals surface area contributed by atoms with E-state index in [0.29, 0.717) is 10.4 Å². The maximum atomic E-state index is 12.4. The number of rotatable bonds is 5. The Labute approximate surface area is 162 Å². The van der Waals surface area contributed by atoms with E-state index in [2.05, 4.69) is 4.74 Å². The molecule has 0 aliphatic carbocycles. The molecule has 0 bridgehead atoms. The molecule has 0 saturated heterocycles. The van der Waals surface area contributed by atoms with Crippen molar-refractivity contribution in [3.05, 3.63) is 46.9 Å². The van der Waals surface area contributed by atoms with Crippen molar-refractivity contribution >= 4 is 17.9 Å². The van der Waals surface area contributed by atoms with Gasteiger partial charge in [0, 0.05) is 12.3 Å². The van der Waals surface area contributed by atoms with Gasteiger partial charge in [-0.1, -0.05) is 0 Å². The van der Waals surface area contributed by atoms with Crippen molar-refractivity contribution in [3.8, 4) is 11.4 Å². The third kappa shape index (κ3) is 4.48. The number of aromatic nitrogens is 2. The lowest BCUT2D eigenvalue weighted by Gasteiger charge is -2.17. The first kappa shape index (κ1) is 20.9. The van der Waals surface area contributed by atoms with Gasteiger partial charge in [0.2, 0.25) is 5.69 Å². The van der Waals surface area contributed by atoms with Crippen LogP contribution in [0.2, 0.25) is 0 Å². The van der Waals surface area contributed by atoms with Crippen molar-refractivity contribution in [3.63, 3.8) is 0 Å². The van der Waals surface area contributed by atoms with Crippen LogP contribution in [0.4, 0.5) is 0 Å². The quantitative estimate of drug-likeness (QED) is 0.332.